The molecule has 272 valence electrons. The number of fused-ring (bicyclic) bond motifs is 4. The number of ether oxygens (including phenoxy) is 2. The van der Waals surface area contributed by atoms with Crippen LogP contribution in [-0.2, 0) is 34.0 Å². The van der Waals surface area contributed by atoms with E-state index in [4.69, 9.17) is 9.47 Å². The number of nitrogens with zero attached hydrogens (tertiary/aromatic N) is 5. The van der Waals surface area contributed by atoms with Gasteiger partial charge in [-0.3, -0.25) is 23.9 Å². The van der Waals surface area contributed by atoms with E-state index < -0.39 is 35.9 Å². The second kappa shape index (κ2) is 18.4. The number of aliphatic hydroxyl groups is 1. The number of methoxy groups -OCH3 is 1. The van der Waals surface area contributed by atoms with Crippen LogP contribution in [-0.4, -0.2) is 98.5 Å². The standard InChI is InChI=1S/C34H48N8O7S/c1-21(2)15-27-33(46)38-31(22(3)43)34(47)35-11-6-7-12-41(30(44)17-25-20-50-23(4)36-25)13-8-14-42-18-26(39-40-42)19-49-29-16-24(32(45)37-27)9-10-28(29)48-5/h9-10,16,18,20-22,27,31,43H,6-8,11-15,17,19H2,1-5H3,(H,35,47)(H,37,45)(H,38,46)/t22-,27-,31+/m1/s1. The lowest BCUT2D eigenvalue weighted by Gasteiger charge is -2.26. The van der Waals surface area contributed by atoms with E-state index in [1.54, 1.807) is 27.9 Å². The van der Waals surface area contributed by atoms with Gasteiger partial charge < -0.3 is 35.4 Å². The molecule has 4 rings (SSSR count). The monoisotopic (exact) mass is 712 g/mol. The molecule has 3 heterocycles. The quantitative estimate of drug-likeness (QED) is 0.294. The van der Waals surface area contributed by atoms with Crippen LogP contribution in [0.3, 0.4) is 0 Å². The van der Waals surface area contributed by atoms with Crippen molar-refractivity contribution in [3.8, 4) is 11.5 Å². The van der Waals surface area contributed by atoms with Crippen LogP contribution in [0.4, 0.5) is 0 Å². The van der Waals surface area contributed by atoms with Crippen molar-refractivity contribution in [2.45, 2.75) is 91.1 Å². The maximum absolute atomic E-state index is 13.5. The molecule has 4 bridgehead atoms. The summed E-state index contributed by atoms with van der Waals surface area (Å²) in [6, 6.07) is 2.45. The molecular formula is C34H48N8O7S. The lowest BCUT2D eigenvalue weighted by Crippen LogP contribution is -2.57. The summed E-state index contributed by atoms with van der Waals surface area (Å²) >= 11 is 1.50. The van der Waals surface area contributed by atoms with Crippen LogP contribution in [0.15, 0.2) is 29.8 Å². The number of hydrogen-bond donors (Lipinski definition) is 4. The Hall–Kier alpha value is -4.57. The third kappa shape index (κ3) is 11.2. The Kier molecular flexibility index (Phi) is 14.1. The van der Waals surface area contributed by atoms with E-state index in [1.165, 1.54) is 31.4 Å². The Balaban J connectivity index is 1.56. The molecule has 0 radical (unpaired) electrons. The predicted octanol–water partition coefficient (Wildman–Crippen LogP) is 2.01. The van der Waals surface area contributed by atoms with Crippen LogP contribution in [0.2, 0.25) is 0 Å². The van der Waals surface area contributed by atoms with Gasteiger partial charge in [-0.1, -0.05) is 19.1 Å². The maximum Gasteiger partial charge on any atom is 0.252 e. The molecule has 3 aromatic rings. The first kappa shape index (κ1) is 38.2. The fourth-order valence-electron chi connectivity index (χ4n) is 5.49. The Labute approximate surface area is 296 Å². The van der Waals surface area contributed by atoms with Crippen LogP contribution in [0.25, 0.3) is 0 Å². The summed E-state index contributed by atoms with van der Waals surface area (Å²) in [6.07, 6.45) is 2.86. The number of aryl methyl sites for hydroxylation is 2. The molecule has 16 heteroatoms. The molecule has 3 atom stereocenters. The number of thiazole rings is 1. The number of rotatable bonds is 6. The Morgan fingerprint density at radius 1 is 1.10 bits per heavy atom. The molecule has 0 fully saturated rings. The topological polar surface area (TPSA) is 190 Å². The smallest absolute Gasteiger partial charge is 0.252 e. The second-order valence-electron chi connectivity index (χ2n) is 12.8. The Bertz CT molecular complexity index is 1610. The highest BCUT2D eigenvalue weighted by Gasteiger charge is 2.30. The van der Waals surface area contributed by atoms with E-state index in [2.05, 4.69) is 31.2 Å². The predicted molar refractivity (Wildman–Crippen MR) is 186 cm³/mol. The van der Waals surface area contributed by atoms with Crippen molar-refractivity contribution in [3.05, 3.63) is 51.7 Å². The summed E-state index contributed by atoms with van der Waals surface area (Å²) in [5.41, 5.74) is 1.53. The summed E-state index contributed by atoms with van der Waals surface area (Å²) in [5.74, 6) is -0.986. The van der Waals surface area contributed by atoms with Crippen molar-refractivity contribution in [3.63, 3.8) is 0 Å². The molecule has 0 spiro atoms. The summed E-state index contributed by atoms with van der Waals surface area (Å²) in [7, 11) is 1.49. The van der Waals surface area contributed by atoms with Crippen molar-refractivity contribution >= 4 is 35.0 Å². The molecule has 1 aromatic carbocycles. The first-order valence-corrected chi connectivity index (χ1v) is 17.8. The normalized spacial score (nSPS) is 19.4. The number of benzene rings is 1. The number of carbonyl (C=O) groups excluding carboxylic acids is 4. The highest BCUT2D eigenvalue weighted by atomic mass is 32.1. The van der Waals surface area contributed by atoms with Gasteiger partial charge in [0.2, 0.25) is 17.7 Å². The zero-order valence-corrected chi connectivity index (χ0v) is 30.1. The van der Waals surface area contributed by atoms with E-state index >= 15 is 0 Å². The molecule has 0 aliphatic carbocycles. The molecule has 4 amide bonds. The number of carbonyl (C=O) groups is 4. The van der Waals surface area contributed by atoms with Crippen molar-refractivity contribution in [2.75, 3.05) is 26.7 Å². The largest absolute Gasteiger partial charge is 0.493 e. The zero-order valence-electron chi connectivity index (χ0n) is 29.3. The van der Waals surface area contributed by atoms with E-state index in [9.17, 15) is 24.3 Å². The second-order valence-corrected chi connectivity index (χ2v) is 13.8. The van der Waals surface area contributed by atoms with Gasteiger partial charge >= 0.3 is 0 Å². The first-order valence-electron chi connectivity index (χ1n) is 16.9. The summed E-state index contributed by atoms with van der Waals surface area (Å²) in [6.45, 7) is 8.96. The molecule has 4 N–H and O–H groups in total. The zero-order chi connectivity index (χ0) is 36.2. The number of nitrogens with one attached hydrogen (secondary N) is 3. The SMILES string of the molecule is COc1ccc2cc1OCc1cn(nn1)CCCN(C(=O)Cc1csc(C)n1)CCCCNC(=O)[C@H]([C@@H](C)O)NC(=O)[C@@H](CC(C)C)NC2=O. The molecule has 1 aliphatic rings. The van der Waals surface area contributed by atoms with E-state index in [0.29, 0.717) is 56.1 Å². The lowest BCUT2D eigenvalue weighted by atomic mass is 10.0. The molecule has 2 aromatic heterocycles. The molecular weight excluding hydrogens is 664 g/mol. The summed E-state index contributed by atoms with van der Waals surface area (Å²) in [4.78, 5) is 59.5. The molecule has 0 unspecified atom stereocenters. The molecule has 15 nitrogen and oxygen atoms in total. The van der Waals surface area contributed by atoms with Gasteiger partial charge in [-0.15, -0.1) is 16.4 Å². The van der Waals surface area contributed by atoms with Crippen LogP contribution >= 0.6 is 11.3 Å². The number of amides is 4. The van der Waals surface area contributed by atoms with Gasteiger partial charge in [0.15, 0.2) is 11.5 Å². The van der Waals surface area contributed by atoms with Crippen molar-refractivity contribution in [1.82, 2.24) is 40.8 Å². The highest BCUT2D eigenvalue weighted by molar-refractivity contribution is 7.09. The minimum absolute atomic E-state index is 0.0250. The van der Waals surface area contributed by atoms with E-state index in [-0.39, 0.29) is 43.4 Å². The van der Waals surface area contributed by atoms with Gasteiger partial charge in [-0.2, -0.15) is 0 Å². The molecule has 0 saturated heterocycles. The van der Waals surface area contributed by atoms with Crippen LogP contribution in [0, 0.1) is 12.8 Å². The van der Waals surface area contributed by atoms with Gasteiger partial charge in [0.25, 0.3) is 5.91 Å². The minimum Gasteiger partial charge on any atom is -0.493 e. The van der Waals surface area contributed by atoms with Crippen LogP contribution in [0.5, 0.6) is 11.5 Å². The third-order valence-electron chi connectivity index (χ3n) is 8.10. The number of aliphatic hydroxyl groups excluding tert-OH is 1. The van der Waals surface area contributed by atoms with Crippen molar-refractivity contribution in [2.24, 2.45) is 5.92 Å². The molecule has 0 saturated carbocycles. The maximum atomic E-state index is 13.5. The third-order valence-corrected chi connectivity index (χ3v) is 8.92. The van der Waals surface area contributed by atoms with E-state index in [0.717, 1.165) is 10.7 Å². The van der Waals surface area contributed by atoms with Crippen molar-refractivity contribution < 1.29 is 33.8 Å². The first-order chi connectivity index (χ1) is 23.9. The highest BCUT2D eigenvalue weighted by Crippen LogP contribution is 2.29. The number of hydrogen-bond acceptors (Lipinski definition) is 11. The van der Waals surface area contributed by atoms with Gasteiger partial charge in [0.05, 0.1) is 36.5 Å². The average Bonchev–Trinajstić information content (AvgIpc) is 3.71. The van der Waals surface area contributed by atoms with Crippen molar-refractivity contribution in [1.29, 1.82) is 0 Å². The van der Waals surface area contributed by atoms with Gasteiger partial charge in [-0.25, -0.2) is 4.98 Å². The summed E-state index contributed by atoms with van der Waals surface area (Å²) < 4.78 is 13.1. The van der Waals surface area contributed by atoms with Crippen LogP contribution in [0.1, 0.15) is 73.2 Å². The fourth-order valence-corrected chi connectivity index (χ4v) is 6.10. The molecule has 50 heavy (non-hydrogen) atoms. The van der Waals surface area contributed by atoms with Crippen LogP contribution < -0.4 is 25.4 Å². The Morgan fingerprint density at radius 2 is 1.88 bits per heavy atom. The van der Waals surface area contributed by atoms with Gasteiger partial charge in [0, 0.05) is 37.1 Å². The van der Waals surface area contributed by atoms with E-state index in [1.807, 2.05) is 26.2 Å². The lowest BCUT2D eigenvalue weighted by molar-refractivity contribution is -0.132. The minimum atomic E-state index is -1.24. The number of aromatic nitrogens is 4. The Morgan fingerprint density at radius 3 is 2.58 bits per heavy atom. The summed E-state index contributed by atoms with van der Waals surface area (Å²) in [5, 5.41) is 29.9. The molecule has 1 aliphatic heterocycles. The van der Waals surface area contributed by atoms with Gasteiger partial charge in [0.1, 0.15) is 24.4 Å². The average molecular weight is 713 g/mol. The fraction of sp³-hybridized carbons (Fsp3) is 0.559. The van der Waals surface area contributed by atoms with Gasteiger partial charge in [-0.05, 0) is 63.6 Å².